The van der Waals surface area contributed by atoms with Gasteiger partial charge in [-0.05, 0) is 42.0 Å². The fourth-order valence-corrected chi connectivity index (χ4v) is 3.56. The first-order valence-electron chi connectivity index (χ1n) is 8.70. The molecular weight excluding hydrogens is 292 g/mol. The summed E-state index contributed by atoms with van der Waals surface area (Å²) in [4.78, 5) is 0. The van der Waals surface area contributed by atoms with Gasteiger partial charge < -0.3 is 4.74 Å². The highest BCUT2D eigenvalue weighted by atomic mass is 16.5. The van der Waals surface area contributed by atoms with Crippen LogP contribution in [0.1, 0.15) is 23.1 Å². The van der Waals surface area contributed by atoms with Crippen LogP contribution in [0.3, 0.4) is 0 Å². The summed E-state index contributed by atoms with van der Waals surface area (Å²) in [7, 11) is 0. The predicted octanol–water partition coefficient (Wildman–Crippen LogP) is 5.60. The molecule has 1 aliphatic heterocycles. The van der Waals surface area contributed by atoms with Crippen LogP contribution in [0, 0.1) is 6.92 Å². The van der Waals surface area contributed by atoms with Crippen LogP contribution in [0.5, 0.6) is 5.75 Å². The summed E-state index contributed by atoms with van der Waals surface area (Å²) in [5.41, 5.74) is 6.53. The average Bonchev–Trinajstić information content (AvgIpc) is 3.04. The maximum atomic E-state index is 6.37. The minimum atomic E-state index is 0.283. The first kappa shape index (κ1) is 15.0. The summed E-state index contributed by atoms with van der Waals surface area (Å²) >= 11 is 0. The lowest BCUT2D eigenvalue weighted by Gasteiger charge is -2.14. The highest BCUT2D eigenvalue weighted by Gasteiger charge is 2.25. The number of para-hydroxylation sites is 1. The molecule has 1 nitrogen and oxygen atoms in total. The van der Waals surface area contributed by atoms with Crippen LogP contribution >= 0.6 is 0 Å². The summed E-state index contributed by atoms with van der Waals surface area (Å²) in [6.45, 7) is 2.16. The standard InChI is InChI=1S/C23H22O/c1-17-8-5-6-12-21(17)22-13-7-11-19-16-20(24-23(19)22)15-14-18-9-3-2-4-10-18/h2-13,20H,14-16H2,1H3. The molecule has 0 amide bonds. The lowest BCUT2D eigenvalue weighted by molar-refractivity contribution is 0.222. The normalized spacial score (nSPS) is 15.8. The fraction of sp³-hybridized carbons (Fsp3) is 0.217. The third kappa shape index (κ3) is 2.94. The quantitative estimate of drug-likeness (QED) is 0.609. The number of hydrogen-bond donors (Lipinski definition) is 0. The largest absolute Gasteiger partial charge is 0.489 e. The number of aryl methyl sites for hydroxylation is 2. The van der Waals surface area contributed by atoms with Crippen molar-refractivity contribution in [3.63, 3.8) is 0 Å². The molecule has 1 unspecified atom stereocenters. The van der Waals surface area contributed by atoms with Gasteiger partial charge in [0.1, 0.15) is 11.9 Å². The van der Waals surface area contributed by atoms with Crippen molar-refractivity contribution >= 4 is 0 Å². The molecule has 0 N–H and O–H groups in total. The molecule has 0 bridgehead atoms. The van der Waals surface area contributed by atoms with E-state index < -0.39 is 0 Å². The third-order valence-corrected chi connectivity index (χ3v) is 4.86. The van der Waals surface area contributed by atoms with E-state index >= 15 is 0 Å². The SMILES string of the molecule is Cc1ccccc1-c1cccc2c1OC(CCc1ccccc1)C2. The van der Waals surface area contributed by atoms with E-state index in [1.165, 1.54) is 27.8 Å². The lowest BCUT2D eigenvalue weighted by atomic mass is 9.97. The molecule has 4 rings (SSSR count). The van der Waals surface area contributed by atoms with Crippen molar-refractivity contribution < 1.29 is 4.74 Å². The summed E-state index contributed by atoms with van der Waals surface area (Å²) in [6, 6.07) is 25.8. The van der Waals surface area contributed by atoms with Crippen LogP contribution in [-0.2, 0) is 12.8 Å². The van der Waals surface area contributed by atoms with Crippen LogP contribution in [-0.4, -0.2) is 6.10 Å². The fourth-order valence-electron chi connectivity index (χ4n) is 3.56. The molecule has 24 heavy (non-hydrogen) atoms. The van der Waals surface area contributed by atoms with Crippen LogP contribution in [0.25, 0.3) is 11.1 Å². The van der Waals surface area contributed by atoms with Crippen molar-refractivity contribution in [1.29, 1.82) is 0 Å². The van der Waals surface area contributed by atoms with Gasteiger partial charge in [-0.1, -0.05) is 72.8 Å². The molecular formula is C23H22O. The second-order valence-corrected chi connectivity index (χ2v) is 6.58. The molecule has 1 heterocycles. The number of benzene rings is 3. The Labute approximate surface area is 143 Å². The average molecular weight is 314 g/mol. The molecule has 3 aromatic rings. The van der Waals surface area contributed by atoms with Crippen molar-refractivity contribution in [2.75, 3.05) is 0 Å². The first-order chi connectivity index (χ1) is 11.8. The predicted molar refractivity (Wildman–Crippen MR) is 99.5 cm³/mol. The van der Waals surface area contributed by atoms with Crippen LogP contribution < -0.4 is 4.74 Å². The molecule has 120 valence electrons. The molecule has 0 fully saturated rings. The summed E-state index contributed by atoms with van der Waals surface area (Å²) in [5, 5.41) is 0. The van der Waals surface area contributed by atoms with Crippen LogP contribution in [0.15, 0.2) is 72.8 Å². The molecule has 0 saturated carbocycles. The van der Waals surface area contributed by atoms with Gasteiger partial charge in [0.15, 0.2) is 0 Å². The molecule has 1 aliphatic rings. The van der Waals surface area contributed by atoms with Gasteiger partial charge in [0.2, 0.25) is 0 Å². The van der Waals surface area contributed by atoms with E-state index in [-0.39, 0.29) is 6.10 Å². The van der Waals surface area contributed by atoms with E-state index in [1.807, 2.05) is 0 Å². The van der Waals surface area contributed by atoms with Crippen molar-refractivity contribution in [2.24, 2.45) is 0 Å². The Morgan fingerprint density at radius 2 is 1.58 bits per heavy atom. The zero-order valence-electron chi connectivity index (χ0n) is 14.0. The zero-order chi connectivity index (χ0) is 16.4. The highest BCUT2D eigenvalue weighted by molar-refractivity contribution is 5.75. The van der Waals surface area contributed by atoms with Gasteiger partial charge in [0.25, 0.3) is 0 Å². The Morgan fingerprint density at radius 1 is 0.833 bits per heavy atom. The van der Waals surface area contributed by atoms with Crippen molar-refractivity contribution in [3.8, 4) is 16.9 Å². The minimum Gasteiger partial charge on any atom is -0.489 e. The minimum absolute atomic E-state index is 0.283. The van der Waals surface area contributed by atoms with E-state index in [2.05, 4.69) is 79.7 Å². The molecule has 0 spiro atoms. The maximum absolute atomic E-state index is 6.37. The molecule has 1 heteroatoms. The summed E-state index contributed by atoms with van der Waals surface area (Å²) in [5.74, 6) is 1.09. The Balaban J connectivity index is 1.54. The second-order valence-electron chi connectivity index (χ2n) is 6.58. The van der Waals surface area contributed by atoms with Crippen LogP contribution in [0.2, 0.25) is 0 Å². The lowest BCUT2D eigenvalue weighted by Crippen LogP contribution is -2.13. The highest BCUT2D eigenvalue weighted by Crippen LogP contribution is 2.40. The topological polar surface area (TPSA) is 9.23 Å². The molecule has 3 aromatic carbocycles. The van der Waals surface area contributed by atoms with Crippen molar-refractivity contribution in [3.05, 3.63) is 89.5 Å². The van der Waals surface area contributed by atoms with E-state index in [0.717, 1.165) is 25.0 Å². The number of ether oxygens (including phenoxy) is 1. The van der Waals surface area contributed by atoms with Gasteiger partial charge in [-0.15, -0.1) is 0 Å². The molecule has 0 aliphatic carbocycles. The van der Waals surface area contributed by atoms with Crippen molar-refractivity contribution in [2.45, 2.75) is 32.3 Å². The van der Waals surface area contributed by atoms with Gasteiger partial charge >= 0.3 is 0 Å². The molecule has 0 saturated heterocycles. The second kappa shape index (κ2) is 6.52. The summed E-state index contributed by atoms with van der Waals surface area (Å²) in [6.07, 6.45) is 3.43. The zero-order valence-corrected chi connectivity index (χ0v) is 14.0. The Bertz CT molecular complexity index is 836. The number of rotatable bonds is 4. The monoisotopic (exact) mass is 314 g/mol. The maximum Gasteiger partial charge on any atom is 0.130 e. The summed E-state index contributed by atoms with van der Waals surface area (Å²) < 4.78 is 6.37. The Hall–Kier alpha value is -2.54. The smallest absolute Gasteiger partial charge is 0.130 e. The van der Waals surface area contributed by atoms with E-state index in [0.29, 0.717) is 0 Å². The number of hydrogen-bond acceptors (Lipinski definition) is 1. The Morgan fingerprint density at radius 3 is 2.42 bits per heavy atom. The van der Waals surface area contributed by atoms with Gasteiger partial charge in [-0.25, -0.2) is 0 Å². The van der Waals surface area contributed by atoms with E-state index in [1.54, 1.807) is 0 Å². The van der Waals surface area contributed by atoms with E-state index in [4.69, 9.17) is 4.74 Å². The van der Waals surface area contributed by atoms with Gasteiger partial charge in [0, 0.05) is 12.0 Å². The van der Waals surface area contributed by atoms with Gasteiger partial charge in [-0.3, -0.25) is 0 Å². The molecule has 1 atom stereocenters. The molecule has 0 radical (unpaired) electrons. The van der Waals surface area contributed by atoms with Gasteiger partial charge in [0.05, 0.1) is 0 Å². The molecule has 0 aromatic heterocycles. The first-order valence-corrected chi connectivity index (χ1v) is 8.70. The number of fused-ring (bicyclic) bond motifs is 1. The van der Waals surface area contributed by atoms with Gasteiger partial charge in [-0.2, -0.15) is 0 Å². The van der Waals surface area contributed by atoms with E-state index in [9.17, 15) is 0 Å². The Kier molecular flexibility index (Phi) is 4.08. The third-order valence-electron chi connectivity index (χ3n) is 4.86. The van der Waals surface area contributed by atoms with Crippen LogP contribution in [0.4, 0.5) is 0 Å². The van der Waals surface area contributed by atoms with Crippen molar-refractivity contribution in [1.82, 2.24) is 0 Å².